The van der Waals surface area contributed by atoms with Gasteiger partial charge in [0.05, 0.1) is 12.3 Å². The van der Waals surface area contributed by atoms with E-state index in [1.54, 1.807) is 0 Å². The second-order valence-electron chi connectivity index (χ2n) is 4.00. The summed E-state index contributed by atoms with van der Waals surface area (Å²) in [6.45, 7) is 4.20. The van der Waals surface area contributed by atoms with Crippen molar-refractivity contribution >= 4 is 0 Å². The zero-order chi connectivity index (χ0) is 11.5. The van der Waals surface area contributed by atoms with Crippen molar-refractivity contribution < 1.29 is 5.11 Å². The molecule has 0 saturated heterocycles. The van der Waals surface area contributed by atoms with Crippen LogP contribution in [0.2, 0.25) is 0 Å². The Kier molecular flexibility index (Phi) is 3.06. The minimum Gasteiger partial charge on any atom is -0.396 e. The highest BCUT2D eigenvalue weighted by Crippen LogP contribution is 2.21. The quantitative estimate of drug-likeness (QED) is 0.826. The zero-order valence-electron chi connectivity index (χ0n) is 9.62. The van der Waals surface area contributed by atoms with E-state index in [9.17, 15) is 0 Å². The SMILES string of the molecule is Cc1ccc(-c2nc(CCO)[nH]c2C)cc1. The fourth-order valence-electron chi connectivity index (χ4n) is 1.74. The van der Waals surface area contributed by atoms with Gasteiger partial charge in [-0.3, -0.25) is 0 Å². The van der Waals surface area contributed by atoms with Crippen molar-refractivity contribution in [2.75, 3.05) is 6.61 Å². The van der Waals surface area contributed by atoms with Crippen molar-refractivity contribution in [3.63, 3.8) is 0 Å². The number of benzene rings is 1. The molecule has 3 nitrogen and oxygen atoms in total. The van der Waals surface area contributed by atoms with E-state index in [0.29, 0.717) is 6.42 Å². The smallest absolute Gasteiger partial charge is 0.109 e. The molecule has 0 fully saturated rings. The van der Waals surface area contributed by atoms with Crippen LogP contribution in [0.3, 0.4) is 0 Å². The topological polar surface area (TPSA) is 48.9 Å². The molecule has 0 aliphatic heterocycles. The lowest BCUT2D eigenvalue weighted by Gasteiger charge is -1.98. The number of aliphatic hydroxyl groups is 1. The Morgan fingerprint density at radius 3 is 2.50 bits per heavy atom. The van der Waals surface area contributed by atoms with Crippen LogP contribution in [0.15, 0.2) is 24.3 Å². The third kappa shape index (κ3) is 2.14. The Hall–Kier alpha value is -1.61. The summed E-state index contributed by atoms with van der Waals surface area (Å²) < 4.78 is 0. The molecule has 0 unspecified atom stereocenters. The molecule has 2 N–H and O–H groups in total. The van der Waals surface area contributed by atoms with Gasteiger partial charge < -0.3 is 10.1 Å². The van der Waals surface area contributed by atoms with Gasteiger partial charge in [-0.15, -0.1) is 0 Å². The van der Waals surface area contributed by atoms with Crippen LogP contribution < -0.4 is 0 Å². The zero-order valence-corrected chi connectivity index (χ0v) is 9.62. The highest BCUT2D eigenvalue weighted by atomic mass is 16.3. The molecule has 1 aromatic heterocycles. The van der Waals surface area contributed by atoms with Crippen molar-refractivity contribution in [3.05, 3.63) is 41.3 Å². The highest BCUT2D eigenvalue weighted by Gasteiger charge is 2.07. The van der Waals surface area contributed by atoms with Crippen molar-refractivity contribution in [3.8, 4) is 11.3 Å². The summed E-state index contributed by atoms with van der Waals surface area (Å²) in [5.41, 5.74) is 4.38. The van der Waals surface area contributed by atoms with E-state index >= 15 is 0 Å². The maximum absolute atomic E-state index is 8.87. The van der Waals surface area contributed by atoms with Crippen LogP contribution >= 0.6 is 0 Å². The van der Waals surface area contributed by atoms with Gasteiger partial charge in [0.15, 0.2) is 0 Å². The Labute approximate surface area is 95.2 Å². The average Bonchev–Trinajstić information content (AvgIpc) is 2.61. The monoisotopic (exact) mass is 216 g/mol. The number of imidazole rings is 1. The fraction of sp³-hybridized carbons (Fsp3) is 0.308. The van der Waals surface area contributed by atoms with Crippen LogP contribution in [0.5, 0.6) is 0 Å². The molecular formula is C13H16N2O. The first-order chi connectivity index (χ1) is 7.70. The molecule has 0 atom stereocenters. The number of hydrogen-bond donors (Lipinski definition) is 2. The van der Waals surface area contributed by atoms with Crippen molar-refractivity contribution in [2.24, 2.45) is 0 Å². The molecule has 1 aromatic carbocycles. The Morgan fingerprint density at radius 2 is 1.88 bits per heavy atom. The summed E-state index contributed by atoms with van der Waals surface area (Å²) in [5, 5.41) is 8.87. The van der Waals surface area contributed by atoms with Gasteiger partial charge in [-0.1, -0.05) is 29.8 Å². The van der Waals surface area contributed by atoms with Crippen molar-refractivity contribution in [1.82, 2.24) is 9.97 Å². The van der Waals surface area contributed by atoms with Crippen LogP contribution in [0.25, 0.3) is 11.3 Å². The third-order valence-corrected chi connectivity index (χ3v) is 2.61. The number of nitrogens with zero attached hydrogens (tertiary/aromatic N) is 1. The number of H-pyrrole nitrogens is 1. The van der Waals surface area contributed by atoms with E-state index in [1.165, 1.54) is 5.56 Å². The number of nitrogens with one attached hydrogen (secondary N) is 1. The largest absolute Gasteiger partial charge is 0.396 e. The normalized spacial score (nSPS) is 10.7. The molecule has 2 aromatic rings. The van der Waals surface area contributed by atoms with Crippen LogP contribution in [-0.4, -0.2) is 21.7 Å². The van der Waals surface area contributed by atoms with E-state index in [2.05, 4.69) is 41.2 Å². The van der Waals surface area contributed by atoms with E-state index in [0.717, 1.165) is 22.8 Å². The molecular weight excluding hydrogens is 200 g/mol. The number of aromatic amines is 1. The van der Waals surface area contributed by atoms with Gasteiger partial charge >= 0.3 is 0 Å². The lowest BCUT2D eigenvalue weighted by molar-refractivity contribution is 0.297. The third-order valence-electron chi connectivity index (χ3n) is 2.61. The molecule has 0 saturated carbocycles. The lowest BCUT2D eigenvalue weighted by atomic mass is 10.1. The Bertz CT molecular complexity index is 471. The standard InChI is InChI=1S/C13H16N2O/c1-9-3-5-11(6-4-9)13-10(2)14-12(15-13)7-8-16/h3-6,16H,7-8H2,1-2H3,(H,14,15). The molecule has 84 valence electrons. The van der Waals surface area contributed by atoms with Crippen LogP contribution in [0.1, 0.15) is 17.1 Å². The Morgan fingerprint density at radius 1 is 1.19 bits per heavy atom. The van der Waals surface area contributed by atoms with E-state index < -0.39 is 0 Å². The van der Waals surface area contributed by atoms with Gasteiger partial charge in [0.2, 0.25) is 0 Å². The summed E-state index contributed by atoms with van der Waals surface area (Å²) >= 11 is 0. The number of aryl methyl sites for hydroxylation is 2. The molecule has 0 aliphatic carbocycles. The Balaban J connectivity index is 2.36. The summed E-state index contributed by atoms with van der Waals surface area (Å²) in [6.07, 6.45) is 0.576. The molecule has 0 amide bonds. The molecule has 0 aliphatic rings. The van der Waals surface area contributed by atoms with E-state index in [4.69, 9.17) is 5.11 Å². The average molecular weight is 216 g/mol. The number of hydrogen-bond acceptors (Lipinski definition) is 2. The lowest BCUT2D eigenvalue weighted by Crippen LogP contribution is -1.92. The molecule has 16 heavy (non-hydrogen) atoms. The molecule has 0 spiro atoms. The number of rotatable bonds is 3. The van der Waals surface area contributed by atoms with Gasteiger partial charge in [-0.2, -0.15) is 0 Å². The van der Waals surface area contributed by atoms with E-state index in [-0.39, 0.29) is 6.61 Å². The van der Waals surface area contributed by atoms with Crippen molar-refractivity contribution in [2.45, 2.75) is 20.3 Å². The minimum absolute atomic E-state index is 0.125. The second kappa shape index (κ2) is 4.49. The fourth-order valence-corrected chi connectivity index (χ4v) is 1.74. The molecule has 3 heteroatoms. The maximum atomic E-state index is 8.87. The summed E-state index contributed by atoms with van der Waals surface area (Å²) in [5.74, 6) is 0.843. The number of aliphatic hydroxyl groups excluding tert-OH is 1. The predicted octanol–water partition coefficient (Wildman–Crippen LogP) is 2.23. The minimum atomic E-state index is 0.125. The molecule has 0 radical (unpaired) electrons. The van der Waals surface area contributed by atoms with Gasteiger partial charge in [-0.05, 0) is 13.8 Å². The first kappa shape index (κ1) is 10.9. The molecule has 1 heterocycles. The van der Waals surface area contributed by atoms with Crippen molar-refractivity contribution in [1.29, 1.82) is 0 Å². The van der Waals surface area contributed by atoms with Crippen LogP contribution in [0, 0.1) is 13.8 Å². The first-order valence-electron chi connectivity index (χ1n) is 5.44. The van der Waals surface area contributed by atoms with Gasteiger partial charge in [0.25, 0.3) is 0 Å². The maximum Gasteiger partial charge on any atom is 0.109 e. The van der Waals surface area contributed by atoms with Gasteiger partial charge in [0, 0.05) is 17.7 Å². The van der Waals surface area contributed by atoms with E-state index in [1.807, 2.05) is 6.92 Å². The van der Waals surface area contributed by atoms with Gasteiger partial charge in [-0.25, -0.2) is 4.98 Å². The first-order valence-corrected chi connectivity index (χ1v) is 5.44. The van der Waals surface area contributed by atoms with Crippen LogP contribution in [0.4, 0.5) is 0 Å². The second-order valence-corrected chi connectivity index (χ2v) is 4.00. The summed E-state index contributed by atoms with van der Waals surface area (Å²) in [6, 6.07) is 8.30. The summed E-state index contributed by atoms with van der Waals surface area (Å²) in [4.78, 5) is 7.67. The van der Waals surface area contributed by atoms with Crippen LogP contribution in [-0.2, 0) is 6.42 Å². The van der Waals surface area contributed by atoms with Gasteiger partial charge in [0.1, 0.15) is 5.82 Å². The highest BCUT2D eigenvalue weighted by molar-refractivity contribution is 5.62. The number of aromatic nitrogens is 2. The predicted molar refractivity (Wildman–Crippen MR) is 64.3 cm³/mol. The molecule has 2 rings (SSSR count). The summed E-state index contributed by atoms with van der Waals surface area (Å²) in [7, 11) is 0. The molecule has 0 bridgehead atoms.